The molecule has 10 nitrogen and oxygen atoms in total. The first-order valence-electron chi connectivity index (χ1n) is 9.77. The lowest BCUT2D eigenvalue weighted by atomic mass is 10.0. The van der Waals surface area contributed by atoms with Crippen LogP contribution >= 0.6 is 0 Å². The molecule has 6 N–H and O–H groups in total. The van der Waals surface area contributed by atoms with Crippen LogP contribution in [0.1, 0.15) is 41.3 Å². The number of benzene rings is 2. The Morgan fingerprint density at radius 1 is 1.00 bits per heavy atom. The average Bonchev–Trinajstić information content (AvgIpc) is 2.76. The Kier molecular flexibility index (Phi) is 8.44. The second kappa shape index (κ2) is 11.2. The van der Waals surface area contributed by atoms with E-state index < -0.39 is 36.3 Å². The number of nitrogens with one attached hydrogen (secondary N) is 2. The Morgan fingerprint density at radius 2 is 1.55 bits per heavy atom. The van der Waals surface area contributed by atoms with Crippen LogP contribution in [0, 0.1) is 5.41 Å². The summed E-state index contributed by atoms with van der Waals surface area (Å²) in [5.74, 6) is -3.57. The van der Waals surface area contributed by atoms with Crippen molar-refractivity contribution in [3.8, 4) is 5.75 Å². The molecule has 1 atom stereocenters. The minimum atomic E-state index is -1.32. The number of carboxylic acids is 2. The zero-order valence-electron chi connectivity index (χ0n) is 17.7. The number of ether oxygens (including phenoxy) is 1. The van der Waals surface area contributed by atoms with E-state index in [1.54, 1.807) is 31.2 Å². The molecule has 0 unspecified atom stereocenters. The SMILES string of the molecule is CC(=CC(=O)N[C@@H](CCC(=O)O)C(=O)O)c1ccc(C(=O)Oc2ccc(C(=N)N)cc2)cc1. The normalized spacial score (nSPS) is 11.8. The van der Waals surface area contributed by atoms with Gasteiger partial charge in [-0.15, -0.1) is 0 Å². The van der Waals surface area contributed by atoms with Crippen LogP contribution < -0.4 is 15.8 Å². The van der Waals surface area contributed by atoms with Gasteiger partial charge in [-0.25, -0.2) is 9.59 Å². The molecular weight excluding hydrogens is 430 g/mol. The minimum Gasteiger partial charge on any atom is -0.481 e. The number of rotatable bonds is 10. The molecule has 0 spiro atoms. The standard InChI is InChI=1S/C23H23N3O7/c1-13(12-19(27)26-18(22(30)31)10-11-20(28)29)14-2-4-16(5-3-14)23(32)33-17-8-6-15(7-9-17)21(24)25/h2-9,12,18H,10-11H2,1H3,(H3,24,25)(H,26,27)(H,28,29)(H,30,31)/t18-/m0/s1. The molecule has 2 aromatic rings. The van der Waals surface area contributed by atoms with Crippen LogP contribution in [-0.4, -0.2) is 45.9 Å². The Labute approximate surface area is 189 Å². The molecule has 0 aliphatic rings. The summed E-state index contributed by atoms with van der Waals surface area (Å²) in [6.45, 7) is 1.64. The van der Waals surface area contributed by atoms with Crippen molar-refractivity contribution in [2.45, 2.75) is 25.8 Å². The lowest BCUT2D eigenvalue weighted by Gasteiger charge is -2.12. The van der Waals surface area contributed by atoms with Crippen molar-refractivity contribution in [3.63, 3.8) is 0 Å². The first-order chi connectivity index (χ1) is 15.6. The third-order valence-electron chi connectivity index (χ3n) is 4.56. The second-order valence-electron chi connectivity index (χ2n) is 7.06. The summed E-state index contributed by atoms with van der Waals surface area (Å²) in [4.78, 5) is 46.3. The molecule has 0 fully saturated rings. The smallest absolute Gasteiger partial charge is 0.343 e. The van der Waals surface area contributed by atoms with Crippen LogP contribution in [0.3, 0.4) is 0 Å². The monoisotopic (exact) mass is 453 g/mol. The van der Waals surface area contributed by atoms with Crippen LogP contribution in [0.4, 0.5) is 0 Å². The molecular formula is C23H23N3O7. The fourth-order valence-electron chi connectivity index (χ4n) is 2.76. The van der Waals surface area contributed by atoms with E-state index in [4.69, 9.17) is 26.1 Å². The average molecular weight is 453 g/mol. The molecule has 2 rings (SSSR count). The molecule has 0 saturated carbocycles. The van der Waals surface area contributed by atoms with E-state index in [2.05, 4.69) is 5.32 Å². The maximum Gasteiger partial charge on any atom is 0.343 e. The zero-order chi connectivity index (χ0) is 24.5. The molecule has 33 heavy (non-hydrogen) atoms. The van der Waals surface area contributed by atoms with Gasteiger partial charge in [0.1, 0.15) is 17.6 Å². The van der Waals surface area contributed by atoms with Crippen LogP contribution in [0.15, 0.2) is 54.6 Å². The molecule has 172 valence electrons. The Balaban J connectivity index is 2.02. The Hall–Kier alpha value is -4.47. The molecule has 0 radical (unpaired) electrons. The van der Waals surface area contributed by atoms with Gasteiger partial charge in [-0.05, 0) is 60.9 Å². The van der Waals surface area contributed by atoms with Crippen molar-refractivity contribution < 1.29 is 34.1 Å². The first kappa shape index (κ1) is 24.8. The van der Waals surface area contributed by atoms with Gasteiger partial charge in [0.2, 0.25) is 5.91 Å². The molecule has 0 aliphatic carbocycles. The lowest BCUT2D eigenvalue weighted by molar-refractivity contribution is -0.142. The van der Waals surface area contributed by atoms with E-state index in [1.165, 1.54) is 30.3 Å². The van der Waals surface area contributed by atoms with Crippen molar-refractivity contribution in [1.82, 2.24) is 5.32 Å². The predicted molar refractivity (Wildman–Crippen MR) is 119 cm³/mol. The number of nitrogens with two attached hydrogens (primary N) is 1. The zero-order valence-corrected chi connectivity index (χ0v) is 17.7. The maximum atomic E-state index is 12.3. The summed E-state index contributed by atoms with van der Waals surface area (Å²) in [6.07, 6.45) is 0.566. The van der Waals surface area contributed by atoms with Crippen LogP contribution in [0.5, 0.6) is 5.75 Å². The van der Waals surface area contributed by atoms with Crippen molar-refractivity contribution in [2.24, 2.45) is 5.73 Å². The predicted octanol–water partition coefficient (Wildman–Crippen LogP) is 2.03. The van der Waals surface area contributed by atoms with Crippen LogP contribution in [-0.2, 0) is 14.4 Å². The number of nitrogen functional groups attached to an aromatic ring is 1. The summed E-state index contributed by atoms with van der Waals surface area (Å²) in [6, 6.07) is 11.1. The number of aliphatic carboxylic acids is 2. The number of hydrogen-bond acceptors (Lipinski definition) is 6. The number of carbonyl (C=O) groups excluding carboxylic acids is 2. The van der Waals surface area contributed by atoms with Gasteiger partial charge in [0.05, 0.1) is 5.56 Å². The van der Waals surface area contributed by atoms with Crippen LogP contribution in [0.2, 0.25) is 0 Å². The highest BCUT2D eigenvalue weighted by molar-refractivity contribution is 5.97. The Morgan fingerprint density at radius 3 is 2.06 bits per heavy atom. The molecule has 0 saturated heterocycles. The molecule has 0 aliphatic heterocycles. The van der Waals surface area contributed by atoms with Gasteiger partial charge in [-0.2, -0.15) is 0 Å². The van der Waals surface area contributed by atoms with Gasteiger partial charge >= 0.3 is 17.9 Å². The number of carboxylic acid groups (broad SMARTS) is 2. The highest BCUT2D eigenvalue weighted by atomic mass is 16.5. The van der Waals surface area contributed by atoms with Gasteiger partial charge in [-0.3, -0.25) is 15.0 Å². The summed E-state index contributed by atoms with van der Waals surface area (Å²) in [7, 11) is 0. The lowest BCUT2D eigenvalue weighted by Crippen LogP contribution is -2.40. The number of esters is 1. The summed E-state index contributed by atoms with van der Waals surface area (Å²) < 4.78 is 5.28. The number of allylic oxidation sites excluding steroid dienone is 1. The number of hydrogen-bond donors (Lipinski definition) is 5. The summed E-state index contributed by atoms with van der Waals surface area (Å²) in [5.41, 5.74) is 7.28. The molecule has 0 bridgehead atoms. The van der Waals surface area contributed by atoms with E-state index in [9.17, 15) is 19.2 Å². The molecule has 10 heteroatoms. The first-order valence-corrected chi connectivity index (χ1v) is 9.77. The van der Waals surface area contributed by atoms with Crippen molar-refractivity contribution in [1.29, 1.82) is 5.41 Å². The minimum absolute atomic E-state index is 0.0979. The fraction of sp³-hybridized carbons (Fsp3) is 0.174. The van der Waals surface area contributed by atoms with Gasteiger partial charge in [-0.1, -0.05) is 12.1 Å². The van der Waals surface area contributed by atoms with E-state index >= 15 is 0 Å². The fourth-order valence-corrected chi connectivity index (χ4v) is 2.76. The van der Waals surface area contributed by atoms with E-state index in [0.29, 0.717) is 16.7 Å². The number of amides is 1. The van der Waals surface area contributed by atoms with Crippen LogP contribution in [0.25, 0.3) is 5.57 Å². The van der Waals surface area contributed by atoms with Gasteiger partial charge in [0.15, 0.2) is 0 Å². The second-order valence-corrected chi connectivity index (χ2v) is 7.06. The van der Waals surface area contributed by atoms with Gasteiger partial charge in [0, 0.05) is 18.1 Å². The van der Waals surface area contributed by atoms with Crippen molar-refractivity contribution in [2.75, 3.05) is 0 Å². The van der Waals surface area contributed by atoms with Gasteiger partial charge in [0.25, 0.3) is 0 Å². The quantitative estimate of drug-likeness (QED) is 0.119. The van der Waals surface area contributed by atoms with E-state index in [0.717, 1.165) is 0 Å². The third-order valence-corrected chi connectivity index (χ3v) is 4.56. The van der Waals surface area contributed by atoms with E-state index in [-0.39, 0.29) is 23.6 Å². The molecule has 2 aromatic carbocycles. The highest BCUT2D eigenvalue weighted by Crippen LogP contribution is 2.17. The Bertz CT molecular complexity index is 1090. The number of amidine groups is 1. The number of carbonyl (C=O) groups is 4. The highest BCUT2D eigenvalue weighted by Gasteiger charge is 2.20. The summed E-state index contributed by atoms with van der Waals surface area (Å²) in [5, 5.41) is 27.4. The molecule has 1 amide bonds. The van der Waals surface area contributed by atoms with E-state index in [1.807, 2.05) is 0 Å². The third kappa shape index (κ3) is 7.62. The van der Waals surface area contributed by atoms with Crippen molar-refractivity contribution in [3.05, 3.63) is 71.3 Å². The maximum absolute atomic E-state index is 12.3. The largest absolute Gasteiger partial charge is 0.481 e. The molecule has 0 aromatic heterocycles. The summed E-state index contributed by atoms with van der Waals surface area (Å²) >= 11 is 0. The topological polar surface area (TPSA) is 180 Å². The molecule has 0 heterocycles. The van der Waals surface area contributed by atoms with Crippen molar-refractivity contribution >= 4 is 35.2 Å². The van der Waals surface area contributed by atoms with Gasteiger partial charge < -0.3 is 26.0 Å².